The number of hydrogen-bond donors (Lipinski definition) is 0. The first kappa shape index (κ1) is 31.8. The summed E-state index contributed by atoms with van der Waals surface area (Å²) in [7, 11) is 0. The lowest BCUT2D eigenvalue weighted by molar-refractivity contribution is 1.09. The highest BCUT2D eigenvalue weighted by molar-refractivity contribution is 5.77. The Labute approximate surface area is 229 Å². The molecule has 2 aromatic heterocycles. The third kappa shape index (κ3) is 8.45. The van der Waals surface area contributed by atoms with Gasteiger partial charge >= 0.3 is 0 Å². The van der Waals surface area contributed by atoms with Gasteiger partial charge in [0.2, 0.25) is 0 Å². The van der Waals surface area contributed by atoms with Crippen molar-refractivity contribution >= 4 is 22.1 Å². The van der Waals surface area contributed by atoms with Gasteiger partial charge in [0.1, 0.15) is 12.7 Å². The Morgan fingerprint density at radius 1 is 0.368 bits per heavy atom. The van der Waals surface area contributed by atoms with E-state index in [0.717, 1.165) is 33.4 Å². The van der Waals surface area contributed by atoms with Crippen molar-refractivity contribution in [3.8, 4) is 11.4 Å². The molecule has 0 spiro atoms. The van der Waals surface area contributed by atoms with Gasteiger partial charge in [0, 0.05) is 11.4 Å². The zero-order valence-corrected chi connectivity index (χ0v) is 24.3. The van der Waals surface area contributed by atoms with Crippen LogP contribution in [0.5, 0.6) is 0 Å². The average molecular weight is 509 g/mol. The maximum absolute atomic E-state index is 4.36. The first-order valence-electron chi connectivity index (χ1n) is 13.9. The Bertz CT molecular complexity index is 1270. The molecule has 0 aliphatic rings. The van der Waals surface area contributed by atoms with Crippen molar-refractivity contribution < 1.29 is 0 Å². The number of imidazole rings is 2. The molecule has 0 radical (unpaired) electrons. The normalized spacial score (nSPS) is 9.05. The Kier molecular flexibility index (Phi) is 15.9. The van der Waals surface area contributed by atoms with E-state index in [1.165, 1.54) is 0 Å². The highest BCUT2D eigenvalue weighted by Gasteiger charge is 2.02. The molecule has 0 N–H and O–H groups in total. The Morgan fingerprint density at radius 2 is 0.658 bits per heavy atom. The largest absolute Gasteiger partial charge is 0.299 e. The summed E-state index contributed by atoms with van der Waals surface area (Å²) < 4.78 is 4.19. The number of aromatic nitrogens is 4. The van der Waals surface area contributed by atoms with Gasteiger partial charge in [0.25, 0.3) is 0 Å². The van der Waals surface area contributed by atoms with E-state index in [2.05, 4.69) is 55.5 Å². The van der Waals surface area contributed by atoms with E-state index >= 15 is 0 Å². The predicted molar refractivity (Wildman–Crippen MR) is 168 cm³/mol. The Morgan fingerprint density at radius 3 is 1.00 bits per heavy atom. The van der Waals surface area contributed by atoms with Crippen LogP contribution in [0.4, 0.5) is 0 Å². The molecule has 38 heavy (non-hydrogen) atoms. The molecule has 0 saturated carbocycles. The van der Waals surface area contributed by atoms with Gasteiger partial charge in [-0.2, -0.15) is 0 Å². The van der Waals surface area contributed by atoms with Gasteiger partial charge in [0.05, 0.1) is 22.1 Å². The Balaban J connectivity index is 0.000000302. The van der Waals surface area contributed by atoms with E-state index in [1.807, 2.05) is 141 Å². The molecule has 4 nitrogen and oxygen atoms in total. The molecule has 0 aliphatic carbocycles. The van der Waals surface area contributed by atoms with Gasteiger partial charge < -0.3 is 0 Å². The molecule has 2 heterocycles. The summed E-state index contributed by atoms with van der Waals surface area (Å²) in [5, 5.41) is 0. The first-order valence-corrected chi connectivity index (χ1v) is 13.9. The number of para-hydroxylation sites is 6. The molecule has 200 valence electrons. The molecular formula is C34H44N4. The highest BCUT2D eigenvalue weighted by atomic mass is 15.1. The van der Waals surface area contributed by atoms with Gasteiger partial charge in [-0.05, 0) is 48.5 Å². The standard InChI is InChI=1S/2C13H10N2.4C2H6/c2*1-2-6-11(7-3-1)15-10-14-12-8-4-5-9-13(12)15;4*1-2/h2*1-10H;4*1-2H3. The van der Waals surface area contributed by atoms with Crippen LogP contribution in [0, 0.1) is 0 Å². The minimum Gasteiger partial charge on any atom is -0.299 e. The summed E-state index contributed by atoms with van der Waals surface area (Å²) in [6.07, 6.45) is 3.72. The van der Waals surface area contributed by atoms with Crippen molar-refractivity contribution in [3.05, 3.63) is 122 Å². The van der Waals surface area contributed by atoms with Crippen LogP contribution in [-0.4, -0.2) is 19.1 Å². The van der Waals surface area contributed by atoms with E-state index < -0.39 is 0 Å². The van der Waals surface area contributed by atoms with Crippen molar-refractivity contribution in [1.82, 2.24) is 19.1 Å². The van der Waals surface area contributed by atoms with E-state index in [0.29, 0.717) is 0 Å². The first-order chi connectivity index (χ1) is 18.9. The molecule has 4 aromatic carbocycles. The summed E-state index contributed by atoms with van der Waals surface area (Å²) >= 11 is 0. The lowest BCUT2D eigenvalue weighted by Gasteiger charge is -2.02. The van der Waals surface area contributed by atoms with Crippen LogP contribution >= 0.6 is 0 Å². The van der Waals surface area contributed by atoms with Crippen molar-refractivity contribution in [3.63, 3.8) is 0 Å². The maximum Gasteiger partial charge on any atom is 0.100 e. The minimum atomic E-state index is 1.03. The van der Waals surface area contributed by atoms with Crippen molar-refractivity contribution in [1.29, 1.82) is 0 Å². The molecular weight excluding hydrogens is 464 g/mol. The molecule has 0 unspecified atom stereocenters. The maximum atomic E-state index is 4.36. The SMILES string of the molecule is CC.CC.CC.CC.c1ccc(-n2cnc3ccccc32)cc1.c1ccc(-n2cnc3ccccc32)cc1. The van der Waals surface area contributed by atoms with Gasteiger partial charge in [-0.25, -0.2) is 9.97 Å². The lowest BCUT2D eigenvalue weighted by Crippen LogP contribution is -1.90. The van der Waals surface area contributed by atoms with E-state index in [4.69, 9.17) is 0 Å². The second-order valence-corrected chi connectivity index (χ2v) is 6.88. The van der Waals surface area contributed by atoms with Crippen molar-refractivity contribution in [2.75, 3.05) is 0 Å². The molecule has 0 fully saturated rings. The highest BCUT2D eigenvalue weighted by Crippen LogP contribution is 2.18. The smallest absolute Gasteiger partial charge is 0.100 e. The second kappa shape index (κ2) is 19.0. The summed E-state index contributed by atoms with van der Waals surface area (Å²) in [5.41, 5.74) is 6.63. The number of rotatable bonds is 2. The number of nitrogens with zero attached hydrogens (tertiary/aromatic N) is 4. The second-order valence-electron chi connectivity index (χ2n) is 6.88. The van der Waals surface area contributed by atoms with Gasteiger partial charge in [-0.15, -0.1) is 0 Å². The van der Waals surface area contributed by atoms with Crippen molar-refractivity contribution in [2.45, 2.75) is 55.4 Å². The zero-order chi connectivity index (χ0) is 28.2. The molecule has 0 saturated heterocycles. The summed E-state index contributed by atoms with van der Waals surface area (Å²) in [6.45, 7) is 16.0. The van der Waals surface area contributed by atoms with Crippen LogP contribution in [-0.2, 0) is 0 Å². The molecule has 0 aliphatic heterocycles. The summed E-state index contributed by atoms with van der Waals surface area (Å²) in [6, 6.07) is 36.7. The van der Waals surface area contributed by atoms with Gasteiger partial charge in [-0.1, -0.05) is 116 Å². The number of fused-ring (bicyclic) bond motifs is 2. The van der Waals surface area contributed by atoms with Gasteiger partial charge in [-0.3, -0.25) is 9.13 Å². The predicted octanol–water partition coefficient (Wildman–Crippen LogP) is 10.2. The van der Waals surface area contributed by atoms with E-state index in [-0.39, 0.29) is 0 Å². The topological polar surface area (TPSA) is 35.6 Å². The monoisotopic (exact) mass is 508 g/mol. The molecule has 0 amide bonds. The molecule has 0 bridgehead atoms. The molecule has 0 atom stereocenters. The zero-order valence-electron chi connectivity index (χ0n) is 24.3. The third-order valence-electron chi connectivity index (χ3n) is 4.98. The fourth-order valence-corrected chi connectivity index (χ4v) is 3.51. The number of benzene rings is 4. The number of hydrogen-bond acceptors (Lipinski definition) is 2. The van der Waals surface area contributed by atoms with Gasteiger partial charge in [0.15, 0.2) is 0 Å². The van der Waals surface area contributed by atoms with Crippen LogP contribution in [0.25, 0.3) is 33.4 Å². The minimum absolute atomic E-state index is 1.03. The van der Waals surface area contributed by atoms with Crippen LogP contribution in [0.15, 0.2) is 122 Å². The lowest BCUT2D eigenvalue weighted by atomic mass is 10.3. The van der Waals surface area contributed by atoms with Crippen LogP contribution < -0.4 is 0 Å². The van der Waals surface area contributed by atoms with Crippen LogP contribution in [0.1, 0.15) is 55.4 Å². The van der Waals surface area contributed by atoms with Crippen LogP contribution in [0.2, 0.25) is 0 Å². The molecule has 6 aromatic rings. The summed E-state index contributed by atoms with van der Waals surface area (Å²) in [4.78, 5) is 8.72. The quantitative estimate of drug-likeness (QED) is 0.233. The molecule has 6 rings (SSSR count). The van der Waals surface area contributed by atoms with E-state index in [1.54, 1.807) is 0 Å². The van der Waals surface area contributed by atoms with E-state index in [9.17, 15) is 0 Å². The molecule has 4 heteroatoms. The van der Waals surface area contributed by atoms with Crippen molar-refractivity contribution in [2.24, 2.45) is 0 Å². The third-order valence-corrected chi connectivity index (χ3v) is 4.98. The Hall–Kier alpha value is -4.18. The fourth-order valence-electron chi connectivity index (χ4n) is 3.51. The fraction of sp³-hybridized carbons (Fsp3) is 0.235. The average Bonchev–Trinajstić information content (AvgIpc) is 3.67. The summed E-state index contributed by atoms with van der Waals surface area (Å²) in [5.74, 6) is 0. The van der Waals surface area contributed by atoms with Crippen LogP contribution in [0.3, 0.4) is 0 Å².